The van der Waals surface area contributed by atoms with Gasteiger partial charge in [0.15, 0.2) is 0 Å². The average molecular weight is 418 g/mol. The number of piperidine rings is 1. The maximum absolute atomic E-state index is 12.7. The van der Waals surface area contributed by atoms with Crippen LogP contribution in [0, 0.1) is 6.92 Å². The third-order valence-electron chi connectivity index (χ3n) is 5.07. The van der Waals surface area contributed by atoms with Crippen LogP contribution in [0.15, 0.2) is 17.6 Å². The van der Waals surface area contributed by atoms with Gasteiger partial charge in [0, 0.05) is 23.8 Å². The van der Waals surface area contributed by atoms with Gasteiger partial charge in [-0.3, -0.25) is 9.48 Å². The summed E-state index contributed by atoms with van der Waals surface area (Å²) >= 11 is 1.64. The first-order chi connectivity index (χ1) is 11.7. The number of hydrogen-bond acceptors (Lipinski definition) is 5. The maximum Gasteiger partial charge on any atom is 0.272 e. The zero-order valence-corrected chi connectivity index (χ0v) is 17.2. The Kier molecular flexibility index (Phi) is 7.07. The van der Waals surface area contributed by atoms with Crippen molar-refractivity contribution in [2.45, 2.75) is 50.6 Å². The standard InChI is InChI=1S/C17H23N5OS.2ClH/c1-12-11-24-16(19-12)17(6-3-7-17)20-15(23)14-5-9-22(21-14)13-4-2-8-18-10-13;;/h5,9,11,13,18H,2-4,6-8,10H2,1H3,(H,20,23);2*1H. The molecule has 1 aliphatic carbocycles. The van der Waals surface area contributed by atoms with Gasteiger partial charge in [-0.2, -0.15) is 5.10 Å². The lowest BCUT2D eigenvalue weighted by Gasteiger charge is -2.40. The van der Waals surface area contributed by atoms with Crippen LogP contribution in [0.5, 0.6) is 0 Å². The first-order valence-corrected chi connectivity index (χ1v) is 9.55. The van der Waals surface area contributed by atoms with Crippen LogP contribution >= 0.6 is 36.2 Å². The third kappa shape index (κ3) is 4.06. The average Bonchev–Trinajstić information content (AvgIpc) is 3.21. The Hall–Kier alpha value is -1.15. The smallest absolute Gasteiger partial charge is 0.272 e. The Morgan fingerprint density at radius 1 is 1.38 bits per heavy atom. The number of hydrogen-bond donors (Lipinski definition) is 2. The quantitative estimate of drug-likeness (QED) is 0.800. The molecule has 9 heteroatoms. The first kappa shape index (κ1) is 21.2. The molecule has 1 unspecified atom stereocenters. The third-order valence-corrected chi connectivity index (χ3v) is 6.24. The lowest BCUT2D eigenvalue weighted by Crippen LogP contribution is -2.50. The Labute approximate surface area is 170 Å². The van der Waals surface area contributed by atoms with Gasteiger partial charge in [-0.15, -0.1) is 36.2 Å². The van der Waals surface area contributed by atoms with E-state index in [1.54, 1.807) is 11.3 Å². The lowest BCUT2D eigenvalue weighted by atomic mass is 9.77. The molecular weight excluding hydrogens is 393 g/mol. The van der Waals surface area contributed by atoms with Crippen LogP contribution in [0.3, 0.4) is 0 Å². The molecule has 2 aromatic rings. The van der Waals surface area contributed by atoms with Gasteiger partial charge in [0.05, 0.1) is 11.6 Å². The highest BCUT2D eigenvalue weighted by Crippen LogP contribution is 2.42. The van der Waals surface area contributed by atoms with E-state index in [0.29, 0.717) is 11.7 Å². The van der Waals surface area contributed by atoms with Crippen molar-refractivity contribution in [3.8, 4) is 0 Å². The predicted molar refractivity (Wildman–Crippen MR) is 108 cm³/mol. The van der Waals surface area contributed by atoms with E-state index in [-0.39, 0.29) is 36.3 Å². The minimum atomic E-state index is -0.286. The van der Waals surface area contributed by atoms with E-state index in [1.807, 2.05) is 29.2 Å². The molecule has 1 atom stereocenters. The number of rotatable bonds is 4. The van der Waals surface area contributed by atoms with E-state index in [0.717, 1.165) is 55.9 Å². The normalized spacial score (nSPS) is 21.0. The van der Waals surface area contributed by atoms with E-state index < -0.39 is 0 Å². The topological polar surface area (TPSA) is 71.8 Å². The van der Waals surface area contributed by atoms with E-state index in [4.69, 9.17) is 0 Å². The fourth-order valence-corrected chi connectivity index (χ4v) is 4.51. The number of aromatic nitrogens is 3. The van der Waals surface area contributed by atoms with Crippen molar-refractivity contribution < 1.29 is 4.79 Å². The fraction of sp³-hybridized carbons (Fsp3) is 0.588. The molecule has 0 aromatic carbocycles. The first-order valence-electron chi connectivity index (χ1n) is 8.67. The van der Waals surface area contributed by atoms with E-state index >= 15 is 0 Å². The predicted octanol–water partition coefficient (Wildman–Crippen LogP) is 3.23. The molecule has 144 valence electrons. The van der Waals surface area contributed by atoms with Crippen molar-refractivity contribution >= 4 is 42.1 Å². The number of thiazole rings is 1. The monoisotopic (exact) mass is 417 g/mol. The van der Waals surface area contributed by atoms with Gasteiger partial charge in [0.25, 0.3) is 5.91 Å². The molecular formula is C17H25Cl2N5OS. The fourth-order valence-electron chi connectivity index (χ4n) is 3.50. The van der Waals surface area contributed by atoms with Crippen LogP contribution in [0.1, 0.15) is 59.3 Å². The van der Waals surface area contributed by atoms with Crippen LogP contribution in [0.2, 0.25) is 0 Å². The summed E-state index contributed by atoms with van der Waals surface area (Å²) in [5.74, 6) is -0.0925. The second-order valence-electron chi connectivity index (χ2n) is 6.86. The SMILES string of the molecule is Cc1csc(C2(NC(=O)c3ccn(C4CCCNC4)n3)CCC2)n1.Cl.Cl. The molecule has 2 N–H and O–H groups in total. The Morgan fingerprint density at radius 3 is 2.77 bits per heavy atom. The highest BCUT2D eigenvalue weighted by molar-refractivity contribution is 7.09. The van der Waals surface area contributed by atoms with Crippen LogP contribution in [-0.4, -0.2) is 33.8 Å². The Balaban J connectivity index is 0.00000121. The highest BCUT2D eigenvalue weighted by atomic mass is 35.5. The summed E-state index contributed by atoms with van der Waals surface area (Å²) in [6.45, 7) is 3.99. The summed E-state index contributed by atoms with van der Waals surface area (Å²) in [6, 6.07) is 2.17. The van der Waals surface area contributed by atoms with Gasteiger partial charge in [0.1, 0.15) is 10.7 Å². The molecule has 1 amide bonds. The van der Waals surface area contributed by atoms with Crippen LogP contribution in [0.4, 0.5) is 0 Å². The summed E-state index contributed by atoms with van der Waals surface area (Å²) in [5, 5.41) is 14.2. The minimum absolute atomic E-state index is 0. The summed E-state index contributed by atoms with van der Waals surface area (Å²) in [7, 11) is 0. The molecule has 2 aromatic heterocycles. The van der Waals surface area contributed by atoms with Crippen LogP contribution < -0.4 is 10.6 Å². The largest absolute Gasteiger partial charge is 0.339 e. The zero-order valence-electron chi connectivity index (χ0n) is 14.7. The van der Waals surface area contributed by atoms with Crippen molar-refractivity contribution in [1.82, 2.24) is 25.4 Å². The molecule has 0 spiro atoms. The van der Waals surface area contributed by atoms with Gasteiger partial charge >= 0.3 is 0 Å². The van der Waals surface area contributed by atoms with Gasteiger partial charge in [-0.05, 0) is 51.6 Å². The molecule has 0 bridgehead atoms. The van der Waals surface area contributed by atoms with Gasteiger partial charge < -0.3 is 10.6 Å². The van der Waals surface area contributed by atoms with E-state index in [9.17, 15) is 4.79 Å². The molecule has 6 nitrogen and oxygen atoms in total. The van der Waals surface area contributed by atoms with Crippen molar-refractivity contribution in [1.29, 1.82) is 0 Å². The van der Waals surface area contributed by atoms with Gasteiger partial charge in [-0.1, -0.05) is 0 Å². The maximum atomic E-state index is 12.7. The van der Waals surface area contributed by atoms with Crippen molar-refractivity contribution in [3.05, 3.63) is 34.0 Å². The van der Waals surface area contributed by atoms with Gasteiger partial charge in [0.2, 0.25) is 0 Å². The number of carbonyl (C=O) groups is 1. The minimum Gasteiger partial charge on any atom is -0.339 e. The number of aryl methyl sites for hydroxylation is 1. The second kappa shape index (κ2) is 8.69. The number of amides is 1. The van der Waals surface area contributed by atoms with E-state index in [1.165, 1.54) is 0 Å². The molecule has 1 aliphatic heterocycles. The zero-order chi connectivity index (χ0) is 16.6. The summed E-state index contributed by atoms with van der Waals surface area (Å²) < 4.78 is 1.93. The highest BCUT2D eigenvalue weighted by Gasteiger charge is 2.43. The number of halogens is 2. The number of nitrogens with zero attached hydrogens (tertiary/aromatic N) is 3. The molecule has 2 aliphatic rings. The summed E-state index contributed by atoms with van der Waals surface area (Å²) in [6.07, 6.45) is 7.23. The molecule has 3 heterocycles. The van der Waals surface area contributed by atoms with Crippen molar-refractivity contribution in [3.63, 3.8) is 0 Å². The van der Waals surface area contributed by atoms with Crippen molar-refractivity contribution in [2.75, 3.05) is 13.1 Å². The second-order valence-corrected chi connectivity index (χ2v) is 7.72. The number of carbonyl (C=O) groups excluding carboxylic acids is 1. The van der Waals surface area contributed by atoms with Crippen molar-refractivity contribution in [2.24, 2.45) is 0 Å². The molecule has 1 saturated carbocycles. The van der Waals surface area contributed by atoms with Crippen LogP contribution in [0.25, 0.3) is 0 Å². The summed E-state index contributed by atoms with van der Waals surface area (Å²) in [4.78, 5) is 17.3. The van der Waals surface area contributed by atoms with Gasteiger partial charge in [-0.25, -0.2) is 4.98 Å². The Morgan fingerprint density at radius 2 is 2.19 bits per heavy atom. The molecule has 0 radical (unpaired) electrons. The summed E-state index contributed by atoms with van der Waals surface area (Å²) in [5.41, 5.74) is 1.23. The molecule has 4 rings (SSSR count). The molecule has 26 heavy (non-hydrogen) atoms. The molecule has 1 saturated heterocycles. The Bertz CT molecular complexity index is 737. The van der Waals surface area contributed by atoms with Crippen LogP contribution in [-0.2, 0) is 5.54 Å². The van der Waals surface area contributed by atoms with E-state index in [2.05, 4.69) is 20.7 Å². The number of nitrogens with one attached hydrogen (secondary N) is 2. The molecule has 2 fully saturated rings. The lowest BCUT2D eigenvalue weighted by molar-refractivity contribution is 0.0816.